The van der Waals surface area contributed by atoms with Gasteiger partial charge in [-0.1, -0.05) is 12.1 Å². The second-order valence-electron chi connectivity index (χ2n) is 5.76. The van der Waals surface area contributed by atoms with E-state index in [2.05, 4.69) is 21.2 Å². The SMILES string of the molecule is CN(C(=O)c1ccc(Br)o1)c1ccccc1C(=O)NCC1COCCO1. The van der Waals surface area contributed by atoms with Gasteiger partial charge in [0.05, 0.1) is 37.2 Å². The second kappa shape index (κ2) is 8.48. The molecule has 0 aliphatic carbocycles. The van der Waals surface area contributed by atoms with E-state index in [9.17, 15) is 9.59 Å². The van der Waals surface area contributed by atoms with E-state index in [0.29, 0.717) is 42.3 Å². The van der Waals surface area contributed by atoms with Crippen molar-refractivity contribution in [2.75, 3.05) is 38.3 Å². The Morgan fingerprint density at radius 3 is 2.73 bits per heavy atom. The Kier molecular flexibility index (Phi) is 6.08. The number of carbonyl (C=O) groups excluding carboxylic acids is 2. The molecular weight excluding hydrogens is 404 g/mol. The van der Waals surface area contributed by atoms with Crippen LogP contribution < -0.4 is 10.2 Å². The molecule has 0 spiro atoms. The Balaban J connectivity index is 1.72. The van der Waals surface area contributed by atoms with E-state index in [1.54, 1.807) is 43.4 Å². The van der Waals surface area contributed by atoms with Gasteiger partial charge in [0, 0.05) is 13.6 Å². The normalized spacial score (nSPS) is 16.9. The highest BCUT2D eigenvalue weighted by Crippen LogP contribution is 2.23. The van der Waals surface area contributed by atoms with E-state index in [4.69, 9.17) is 13.9 Å². The van der Waals surface area contributed by atoms with Gasteiger partial charge in [0.25, 0.3) is 11.8 Å². The molecule has 1 unspecified atom stereocenters. The number of hydrogen-bond acceptors (Lipinski definition) is 5. The number of nitrogens with zero attached hydrogens (tertiary/aromatic N) is 1. The molecule has 1 N–H and O–H groups in total. The van der Waals surface area contributed by atoms with E-state index in [1.807, 2.05) is 0 Å². The Morgan fingerprint density at radius 2 is 2.04 bits per heavy atom. The number of rotatable bonds is 5. The summed E-state index contributed by atoms with van der Waals surface area (Å²) in [4.78, 5) is 26.6. The zero-order chi connectivity index (χ0) is 18.5. The Morgan fingerprint density at radius 1 is 1.23 bits per heavy atom. The first kappa shape index (κ1) is 18.6. The molecule has 8 heteroatoms. The molecule has 1 saturated heterocycles. The maximum absolute atomic E-state index is 12.6. The molecule has 1 aromatic heterocycles. The number of hydrogen-bond donors (Lipinski definition) is 1. The molecule has 0 radical (unpaired) electrons. The topological polar surface area (TPSA) is 81.0 Å². The standard InChI is InChI=1S/C18H19BrN2O5/c1-21(18(23)15-6-7-16(19)26-15)14-5-3-2-4-13(14)17(22)20-10-12-11-24-8-9-25-12/h2-7,12H,8-11H2,1H3,(H,20,22). The van der Waals surface area contributed by atoms with Crippen LogP contribution in [0.15, 0.2) is 45.5 Å². The summed E-state index contributed by atoms with van der Waals surface area (Å²) in [6.07, 6.45) is -0.167. The third kappa shape index (κ3) is 4.32. The summed E-state index contributed by atoms with van der Waals surface area (Å²) in [5.74, 6) is -0.447. The summed E-state index contributed by atoms with van der Waals surface area (Å²) in [5, 5.41) is 2.83. The first-order valence-electron chi connectivity index (χ1n) is 8.16. The molecule has 1 atom stereocenters. The van der Waals surface area contributed by atoms with Crippen LogP contribution >= 0.6 is 15.9 Å². The van der Waals surface area contributed by atoms with Crippen LogP contribution in [0.25, 0.3) is 0 Å². The lowest BCUT2D eigenvalue weighted by molar-refractivity contribution is -0.0855. The molecular formula is C18H19BrN2O5. The van der Waals surface area contributed by atoms with Crippen molar-refractivity contribution in [2.45, 2.75) is 6.10 Å². The summed E-state index contributed by atoms with van der Waals surface area (Å²) in [6.45, 7) is 1.89. The van der Waals surface area contributed by atoms with Crippen LogP contribution in [-0.2, 0) is 9.47 Å². The lowest BCUT2D eigenvalue weighted by Gasteiger charge is -2.24. The minimum absolute atomic E-state index is 0.167. The molecule has 2 aromatic rings. The largest absolute Gasteiger partial charge is 0.444 e. The lowest BCUT2D eigenvalue weighted by Crippen LogP contribution is -2.40. The van der Waals surface area contributed by atoms with Crippen molar-refractivity contribution < 1.29 is 23.5 Å². The minimum atomic E-state index is -0.347. The molecule has 26 heavy (non-hydrogen) atoms. The van der Waals surface area contributed by atoms with Crippen molar-refractivity contribution in [3.63, 3.8) is 0 Å². The molecule has 3 rings (SSSR count). The van der Waals surface area contributed by atoms with Gasteiger partial charge < -0.3 is 24.1 Å². The Labute approximate surface area is 159 Å². The summed E-state index contributed by atoms with van der Waals surface area (Å²) >= 11 is 3.18. The van der Waals surface area contributed by atoms with E-state index < -0.39 is 0 Å². The van der Waals surface area contributed by atoms with Crippen LogP contribution in [0.1, 0.15) is 20.9 Å². The molecule has 0 saturated carbocycles. The van der Waals surface area contributed by atoms with E-state index >= 15 is 0 Å². The molecule has 1 fully saturated rings. The molecule has 1 aliphatic rings. The maximum Gasteiger partial charge on any atom is 0.293 e. The van der Waals surface area contributed by atoms with Gasteiger partial charge in [0.15, 0.2) is 10.4 Å². The molecule has 0 bridgehead atoms. The quantitative estimate of drug-likeness (QED) is 0.800. The van der Waals surface area contributed by atoms with Crippen molar-refractivity contribution in [1.29, 1.82) is 0 Å². The summed E-state index contributed by atoms with van der Waals surface area (Å²) < 4.78 is 16.6. The molecule has 138 valence electrons. The van der Waals surface area contributed by atoms with Crippen molar-refractivity contribution in [2.24, 2.45) is 0 Å². The number of nitrogens with one attached hydrogen (secondary N) is 1. The van der Waals surface area contributed by atoms with Gasteiger partial charge in [-0.05, 0) is 40.2 Å². The first-order chi connectivity index (χ1) is 12.6. The second-order valence-corrected chi connectivity index (χ2v) is 6.54. The Bertz CT molecular complexity index is 785. The van der Waals surface area contributed by atoms with Gasteiger partial charge in [0.2, 0.25) is 0 Å². The van der Waals surface area contributed by atoms with Gasteiger partial charge in [-0.25, -0.2) is 0 Å². The smallest absolute Gasteiger partial charge is 0.293 e. The van der Waals surface area contributed by atoms with Crippen LogP contribution in [0.2, 0.25) is 0 Å². The van der Waals surface area contributed by atoms with Crippen LogP contribution in [0.4, 0.5) is 5.69 Å². The Hall–Kier alpha value is -2.16. The fourth-order valence-electron chi connectivity index (χ4n) is 2.62. The maximum atomic E-state index is 12.6. The molecule has 7 nitrogen and oxygen atoms in total. The number of anilines is 1. The number of furan rings is 1. The average Bonchev–Trinajstić information content (AvgIpc) is 3.12. The highest BCUT2D eigenvalue weighted by molar-refractivity contribution is 9.10. The fourth-order valence-corrected chi connectivity index (χ4v) is 2.92. The van der Waals surface area contributed by atoms with Crippen LogP contribution in [0.5, 0.6) is 0 Å². The predicted molar refractivity (Wildman–Crippen MR) is 98.5 cm³/mol. The number of amides is 2. The average molecular weight is 423 g/mol. The van der Waals surface area contributed by atoms with Crippen LogP contribution in [-0.4, -0.2) is 51.3 Å². The van der Waals surface area contributed by atoms with Gasteiger partial charge >= 0.3 is 0 Å². The third-order valence-corrected chi connectivity index (χ3v) is 4.40. The summed E-state index contributed by atoms with van der Waals surface area (Å²) in [6, 6.07) is 10.1. The zero-order valence-corrected chi connectivity index (χ0v) is 15.8. The number of benzene rings is 1. The molecule has 1 aromatic carbocycles. The summed E-state index contributed by atoms with van der Waals surface area (Å²) in [7, 11) is 1.60. The molecule has 2 heterocycles. The van der Waals surface area contributed by atoms with E-state index in [1.165, 1.54) is 4.90 Å². The molecule has 2 amide bonds. The third-order valence-electron chi connectivity index (χ3n) is 3.97. The predicted octanol–water partition coefficient (Wildman–Crippen LogP) is 2.46. The monoisotopic (exact) mass is 422 g/mol. The van der Waals surface area contributed by atoms with Gasteiger partial charge in [-0.3, -0.25) is 9.59 Å². The fraction of sp³-hybridized carbons (Fsp3) is 0.333. The van der Waals surface area contributed by atoms with Crippen molar-refractivity contribution in [3.05, 3.63) is 52.4 Å². The molecule has 1 aliphatic heterocycles. The van der Waals surface area contributed by atoms with Gasteiger partial charge in [-0.15, -0.1) is 0 Å². The first-order valence-corrected chi connectivity index (χ1v) is 8.95. The van der Waals surface area contributed by atoms with Crippen molar-refractivity contribution >= 4 is 33.4 Å². The van der Waals surface area contributed by atoms with Crippen LogP contribution in [0.3, 0.4) is 0 Å². The summed E-state index contributed by atoms with van der Waals surface area (Å²) in [5.41, 5.74) is 0.883. The zero-order valence-electron chi connectivity index (χ0n) is 14.2. The number of para-hydroxylation sites is 1. The minimum Gasteiger partial charge on any atom is -0.444 e. The van der Waals surface area contributed by atoms with E-state index in [0.717, 1.165) is 0 Å². The highest BCUT2D eigenvalue weighted by Gasteiger charge is 2.22. The van der Waals surface area contributed by atoms with Gasteiger partial charge in [0.1, 0.15) is 0 Å². The van der Waals surface area contributed by atoms with Crippen molar-refractivity contribution in [3.8, 4) is 0 Å². The number of carbonyl (C=O) groups is 2. The number of halogens is 1. The highest BCUT2D eigenvalue weighted by atomic mass is 79.9. The number of ether oxygens (including phenoxy) is 2. The van der Waals surface area contributed by atoms with Crippen LogP contribution in [0, 0.1) is 0 Å². The lowest BCUT2D eigenvalue weighted by atomic mass is 10.1. The van der Waals surface area contributed by atoms with Gasteiger partial charge in [-0.2, -0.15) is 0 Å². The van der Waals surface area contributed by atoms with E-state index in [-0.39, 0.29) is 23.7 Å². The van der Waals surface area contributed by atoms with Crippen molar-refractivity contribution in [1.82, 2.24) is 5.32 Å².